The van der Waals surface area contributed by atoms with E-state index in [0.29, 0.717) is 23.2 Å². The predicted molar refractivity (Wildman–Crippen MR) is 81.3 cm³/mol. The lowest BCUT2D eigenvalue weighted by atomic mass is 10.3. The number of pyridine rings is 1. The van der Waals surface area contributed by atoms with E-state index >= 15 is 0 Å². The van der Waals surface area contributed by atoms with E-state index in [0.717, 1.165) is 24.5 Å². The van der Waals surface area contributed by atoms with Gasteiger partial charge in [-0.2, -0.15) is 0 Å². The summed E-state index contributed by atoms with van der Waals surface area (Å²) in [5, 5.41) is 0.970. The Kier molecular flexibility index (Phi) is 3.72. The van der Waals surface area contributed by atoms with Gasteiger partial charge in [0.25, 0.3) is 5.91 Å². The largest absolute Gasteiger partial charge is 0.389 e. The Morgan fingerprint density at radius 3 is 2.67 bits per heavy atom. The van der Waals surface area contributed by atoms with E-state index in [9.17, 15) is 4.79 Å². The van der Waals surface area contributed by atoms with E-state index in [1.807, 2.05) is 12.1 Å². The van der Waals surface area contributed by atoms with Crippen molar-refractivity contribution in [1.29, 1.82) is 0 Å². The van der Waals surface area contributed by atoms with Crippen molar-refractivity contribution in [3.63, 3.8) is 0 Å². The zero-order valence-electron chi connectivity index (χ0n) is 11.3. The molecule has 1 saturated heterocycles. The number of hydrogen-bond acceptors (Lipinski definition) is 7. The van der Waals surface area contributed by atoms with Gasteiger partial charge in [-0.05, 0) is 12.1 Å². The van der Waals surface area contributed by atoms with Gasteiger partial charge < -0.3 is 21.1 Å². The van der Waals surface area contributed by atoms with E-state index in [2.05, 4.69) is 14.9 Å². The van der Waals surface area contributed by atoms with Gasteiger partial charge >= 0.3 is 0 Å². The SMILES string of the molecule is NC(=O)c1nc(-c2ccc(N3CCOCC3)nc2)sc1N. The van der Waals surface area contributed by atoms with E-state index in [-0.39, 0.29) is 5.69 Å². The fraction of sp³-hybridized carbons (Fsp3) is 0.308. The molecule has 3 rings (SSSR count). The molecule has 1 amide bonds. The number of hydrogen-bond donors (Lipinski definition) is 2. The van der Waals surface area contributed by atoms with Gasteiger partial charge in [0.1, 0.15) is 15.8 Å². The van der Waals surface area contributed by atoms with Gasteiger partial charge in [0.15, 0.2) is 5.69 Å². The van der Waals surface area contributed by atoms with Crippen molar-refractivity contribution < 1.29 is 9.53 Å². The summed E-state index contributed by atoms with van der Waals surface area (Å²) in [6, 6.07) is 3.85. The van der Waals surface area contributed by atoms with Crippen molar-refractivity contribution in [2.45, 2.75) is 0 Å². The summed E-state index contributed by atoms with van der Waals surface area (Å²) in [5.41, 5.74) is 11.9. The molecule has 2 aromatic rings. The van der Waals surface area contributed by atoms with Gasteiger partial charge in [-0.3, -0.25) is 4.79 Å². The highest BCUT2D eigenvalue weighted by molar-refractivity contribution is 7.19. The molecule has 1 aliphatic rings. The van der Waals surface area contributed by atoms with Crippen LogP contribution in [0.1, 0.15) is 10.5 Å². The molecule has 0 aliphatic carbocycles. The summed E-state index contributed by atoms with van der Waals surface area (Å²) in [4.78, 5) is 22.0. The number of thiazole rings is 1. The summed E-state index contributed by atoms with van der Waals surface area (Å²) >= 11 is 1.23. The second kappa shape index (κ2) is 5.66. The molecule has 0 atom stereocenters. The minimum atomic E-state index is -0.618. The molecule has 0 aromatic carbocycles. The lowest BCUT2D eigenvalue weighted by molar-refractivity contribution is 0.0997. The molecule has 0 spiro atoms. The number of amides is 1. The number of morpholine rings is 1. The maximum Gasteiger partial charge on any atom is 0.270 e. The van der Waals surface area contributed by atoms with Gasteiger partial charge in [-0.1, -0.05) is 11.3 Å². The van der Waals surface area contributed by atoms with Crippen LogP contribution in [0.15, 0.2) is 18.3 Å². The summed E-state index contributed by atoms with van der Waals surface area (Å²) in [5.74, 6) is 0.287. The van der Waals surface area contributed by atoms with E-state index in [4.69, 9.17) is 16.2 Å². The van der Waals surface area contributed by atoms with Crippen LogP contribution in [0.2, 0.25) is 0 Å². The molecule has 0 bridgehead atoms. The molecular formula is C13H15N5O2S. The van der Waals surface area contributed by atoms with Crippen LogP contribution >= 0.6 is 11.3 Å². The molecule has 2 aromatic heterocycles. The van der Waals surface area contributed by atoms with Crippen LogP contribution in [0, 0.1) is 0 Å². The van der Waals surface area contributed by atoms with Crippen molar-refractivity contribution in [1.82, 2.24) is 9.97 Å². The molecule has 1 fully saturated rings. The van der Waals surface area contributed by atoms with Crippen LogP contribution in [0.5, 0.6) is 0 Å². The average molecular weight is 305 g/mol. The maximum absolute atomic E-state index is 11.2. The first-order valence-corrected chi connectivity index (χ1v) is 7.32. The molecule has 1 aliphatic heterocycles. The number of rotatable bonds is 3. The van der Waals surface area contributed by atoms with Gasteiger partial charge in [0.05, 0.1) is 13.2 Å². The maximum atomic E-state index is 11.2. The fourth-order valence-corrected chi connectivity index (χ4v) is 2.95. The van der Waals surface area contributed by atoms with Gasteiger partial charge in [-0.25, -0.2) is 9.97 Å². The molecule has 0 radical (unpaired) electrons. The molecule has 4 N–H and O–H groups in total. The summed E-state index contributed by atoms with van der Waals surface area (Å²) < 4.78 is 5.32. The molecule has 21 heavy (non-hydrogen) atoms. The number of nitrogens with two attached hydrogens (primary N) is 2. The van der Waals surface area contributed by atoms with Gasteiger partial charge in [0, 0.05) is 24.8 Å². The number of primary amides is 1. The molecule has 8 heteroatoms. The van der Waals surface area contributed by atoms with Crippen LogP contribution in [-0.4, -0.2) is 42.2 Å². The summed E-state index contributed by atoms with van der Waals surface area (Å²) in [6.45, 7) is 3.10. The highest BCUT2D eigenvalue weighted by Crippen LogP contribution is 2.30. The first kappa shape index (κ1) is 13.8. The Balaban J connectivity index is 1.83. The van der Waals surface area contributed by atoms with Gasteiger partial charge in [0.2, 0.25) is 0 Å². The zero-order valence-corrected chi connectivity index (χ0v) is 12.1. The lowest BCUT2D eigenvalue weighted by Gasteiger charge is -2.27. The molecule has 7 nitrogen and oxygen atoms in total. The third-order valence-electron chi connectivity index (χ3n) is 3.22. The fourth-order valence-electron chi connectivity index (χ4n) is 2.12. The lowest BCUT2D eigenvalue weighted by Crippen LogP contribution is -2.36. The average Bonchev–Trinajstić information content (AvgIpc) is 2.90. The highest BCUT2D eigenvalue weighted by Gasteiger charge is 2.16. The minimum Gasteiger partial charge on any atom is -0.389 e. The third kappa shape index (κ3) is 2.81. The highest BCUT2D eigenvalue weighted by atomic mass is 32.1. The number of carbonyl (C=O) groups excluding carboxylic acids is 1. The van der Waals surface area contributed by atoms with Crippen LogP contribution in [0.25, 0.3) is 10.6 Å². The van der Waals surface area contributed by atoms with Gasteiger partial charge in [-0.15, -0.1) is 0 Å². The zero-order chi connectivity index (χ0) is 14.8. The predicted octanol–water partition coefficient (Wildman–Crippen LogP) is 0.723. The van der Waals surface area contributed by atoms with Crippen LogP contribution in [0.3, 0.4) is 0 Å². The first-order valence-electron chi connectivity index (χ1n) is 6.50. The minimum absolute atomic E-state index is 0.118. The smallest absolute Gasteiger partial charge is 0.270 e. The number of nitrogens with zero attached hydrogens (tertiary/aromatic N) is 3. The number of ether oxygens (including phenoxy) is 1. The summed E-state index contributed by atoms with van der Waals surface area (Å²) in [7, 11) is 0. The normalized spacial score (nSPS) is 15.1. The Morgan fingerprint density at radius 1 is 1.33 bits per heavy atom. The topological polar surface area (TPSA) is 107 Å². The Labute approximate surface area is 125 Å². The van der Waals surface area contributed by atoms with Crippen LogP contribution in [0.4, 0.5) is 10.8 Å². The Morgan fingerprint density at radius 2 is 2.10 bits per heavy atom. The monoisotopic (exact) mass is 305 g/mol. The van der Waals surface area contributed by atoms with E-state index in [1.54, 1.807) is 6.20 Å². The van der Waals surface area contributed by atoms with E-state index in [1.165, 1.54) is 11.3 Å². The molecule has 0 unspecified atom stereocenters. The van der Waals surface area contributed by atoms with E-state index < -0.39 is 5.91 Å². The molecular weight excluding hydrogens is 290 g/mol. The number of aromatic nitrogens is 2. The van der Waals surface area contributed by atoms with Crippen LogP contribution in [-0.2, 0) is 4.74 Å². The van der Waals surface area contributed by atoms with Crippen molar-refractivity contribution in [2.75, 3.05) is 36.9 Å². The third-order valence-corrected chi connectivity index (χ3v) is 4.15. The summed E-state index contributed by atoms with van der Waals surface area (Å²) in [6.07, 6.45) is 1.73. The number of nitrogen functional groups attached to an aromatic ring is 1. The number of anilines is 2. The standard InChI is InChI=1S/C13H15N5O2S/c14-11(19)10-12(15)21-13(17-10)8-1-2-9(16-7-8)18-3-5-20-6-4-18/h1-2,7H,3-6,15H2,(H2,14,19). The second-order valence-corrected chi connectivity index (χ2v) is 5.63. The number of carbonyl (C=O) groups is 1. The van der Waals surface area contributed by atoms with Crippen molar-refractivity contribution in [3.05, 3.63) is 24.0 Å². The molecule has 3 heterocycles. The Hall–Kier alpha value is -2.19. The second-order valence-electron chi connectivity index (χ2n) is 4.60. The van der Waals surface area contributed by atoms with Crippen LogP contribution < -0.4 is 16.4 Å². The van der Waals surface area contributed by atoms with Crippen molar-refractivity contribution in [2.24, 2.45) is 5.73 Å². The van der Waals surface area contributed by atoms with Crippen molar-refractivity contribution >= 4 is 28.1 Å². The Bertz CT molecular complexity index is 649. The molecule has 0 saturated carbocycles. The van der Waals surface area contributed by atoms with Crippen molar-refractivity contribution in [3.8, 4) is 10.6 Å². The first-order chi connectivity index (χ1) is 10.1. The molecule has 110 valence electrons. The quantitative estimate of drug-likeness (QED) is 0.865.